The largest absolute Gasteiger partial charge is 0.469 e. The van der Waals surface area contributed by atoms with Crippen molar-refractivity contribution in [3.63, 3.8) is 0 Å². The van der Waals surface area contributed by atoms with Gasteiger partial charge in [-0.3, -0.25) is 0 Å². The van der Waals surface area contributed by atoms with E-state index in [0.717, 1.165) is 50.0 Å². The highest BCUT2D eigenvalue weighted by Gasteiger charge is 2.49. The van der Waals surface area contributed by atoms with Crippen molar-refractivity contribution in [2.75, 3.05) is 6.61 Å². The zero-order valence-corrected chi connectivity index (χ0v) is 12.1. The zero-order chi connectivity index (χ0) is 13.6. The lowest BCUT2D eigenvalue weighted by Crippen LogP contribution is -2.47. The van der Waals surface area contributed by atoms with Gasteiger partial charge in [0.25, 0.3) is 0 Å². The third-order valence-corrected chi connectivity index (χ3v) is 5.86. The van der Waals surface area contributed by atoms with Crippen molar-refractivity contribution in [1.82, 2.24) is 0 Å². The summed E-state index contributed by atoms with van der Waals surface area (Å²) in [5.74, 6) is 1.33. The normalized spacial score (nSPS) is 36.1. The highest BCUT2D eigenvalue weighted by Crippen LogP contribution is 2.50. The van der Waals surface area contributed by atoms with Gasteiger partial charge in [0.05, 0.1) is 17.5 Å². The lowest BCUT2D eigenvalue weighted by Gasteiger charge is -2.46. The van der Waals surface area contributed by atoms with Crippen LogP contribution in [0.1, 0.15) is 62.7 Å². The molecule has 2 aliphatic carbocycles. The molecule has 1 aliphatic heterocycles. The van der Waals surface area contributed by atoms with E-state index >= 15 is 0 Å². The molecule has 3 heteroatoms. The van der Waals surface area contributed by atoms with Crippen molar-refractivity contribution in [2.45, 2.75) is 69.0 Å². The Labute approximate surface area is 120 Å². The quantitative estimate of drug-likeness (QED) is 0.853. The second-order valence-electron chi connectivity index (χ2n) is 6.96. The van der Waals surface area contributed by atoms with Gasteiger partial charge in [-0.05, 0) is 50.5 Å². The van der Waals surface area contributed by atoms with Crippen LogP contribution < -0.4 is 0 Å². The van der Waals surface area contributed by atoms with Gasteiger partial charge >= 0.3 is 0 Å². The topological polar surface area (TPSA) is 42.6 Å². The van der Waals surface area contributed by atoms with Crippen LogP contribution in [0, 0.1) is 5.92 Å². The maximum absolute atomic E-state index is 11.4. The second-order valence-corrected chi connectivity index (χ2v) is 6.96. The lowest BCUT2D eigenvalue weighted by atomic mass is 9.68. The first-order valence-corrected chi connectivity index (χ1v) is 8.15. The molecule has 1 spiro atoms. The van der Waals surface area contributed by atoms with Crippen molar-refractivity contribution in [3.05, 3.63) is 23.7 Å². The van der Waals surface area contributed by atoms with E-state index in [2.05, 4.69) is 0 Å². The molecule has 4 rings (SSSR count). The third kappa shape index (κ3) is 1.86. The fourth-order valence-electron chi connectivity index (χ4n) is 4.80. The molecule has 3 aliphatic rings. The fourth-order valence-corrected chi connectivity index (χ4v) is 4.80. The summed E-state index contributed by atoms with van der Waals surface area (Å²) in [6.45, 7) is 0.806. The summed E-state index contributed by atoms with van der Waals surface area (Å²) >= 11 is 0. The van der Waals surface area contributed by atoms with E-state index < -0.39 is 5.60 Å². The Balaban J connectivity index is 1.64. The van der Waals surface area contributed by atoms with Crippen LogP contribution in [0.3, 0.4) is 0 Å². The number of aliphatic hydroxyl groups is 1. The van der Waals surface area contributed by atoms with Crippen molar-refractivity contribution < 1.29 is 14.3 Å². The highest BCUT2D eigenvalue weighted by atomic mass is 16.5. The number of rotatable bonds is 1. The first-order chi connectivity index (χ1) is 9.72. The minimum Gasteiger partial charge on any atom is -0.469 e. The molecule has 20 heavy (non-hydrogen) atoms. The van der Waals surface area contributed by atoms with Gasteiger partial charge in [0.1, 0.15) is 5.76 Å². The number of hydrogen-bond acceptors (Lipinski definition) is 3. The molecule has 0 radical (unpaired) electrons. The molecule has 2 unspecified atom stereocenters. The number of ether oxygens (including phenoxy) is 1. The average Bonchev–Trinajstić information content (AvgIpc) is 3.09. The SMILES string of the molecule is OC1(C2CCOC3(CCCC3)C2)CCCc2occc21. The van der Waals surface area contributed by atoms with Gasteiger partial charge in [-0.1, -0.05) is 12.8 Å². The zero-order valence-electron chi connectivity index (χ0n) is 12.1. The van der Waals surface area contributed by atoms with Gasteiger partial charge in [0.15, 0.2) is 0 Å². The minimum absolute atomic E-state index is 0.0694. The van der Waals surface area contributed by atoms with Crippen LogP contribution in [0.15, 0.2) is 16.7 Å². The summed E-state index contributed by atoms with van der Waals surface area (Å²) in [6.07, 6.45) is 11.5. The average molecular weight is 276 g/mol. The van der Waals surface area contributed by atoms with Gasteiger partial charge in [-0.2, -0.15) is 0 Å². The molecular formula is C17H24O3. The number of aryl methyl sites for hydroxylation is 1. The summed E-state index contributed by atoms with van der Waals surface area (Å²) in [6, 6.07) is 1.99. The summed E-state index contributed by atoms with van der Waals surface area (Å²) in [7, 11) is 0. The van der Waals surface area contributed by atoms with Gasteiger partial charge < -0.3 is 14.3 Å². The van der Waals surface area contributed by atoms with Crippen LogP contribution in [-0.4, -0.2) is 17.3 Å². The first kappa shape index (κ1) is 12.9. The molecule has 2 atom stereocenters. The van der Waals surface area contributed by atoms with Crippen LogP contribution >= 0.6 is 0 Å². The molecule has 1 saturated heterocycles. The molecule has 3 nitrogen and oxygen atoms in total. The Morgan fingerprint density at radius 3 is 2.85 bits per heavy atom. The van der Waals surface area contributed by atoms with E-state index in [0.29, 0.717) is 5.92 Å². The minimum atomic E-state index is -0.681. The maximum Gasteiger partial charge on any atom is 0.109 e. The van der Waals surface area contributed by atoms with Crippen molar-refractivity contribution in [1.29, 1.82) is 0 Å². The van der Waals surface area contributed by atoms with Crippen molar-refractivity contribution in [2.24, 2.45) is 5.92 Å². The van der Waals surface area contributed by atoms with E-state index in [1.165, 1.54) is 25.7 Å². The Bertz CT molecular complexity index is 486. The predicted molar refractivity (Wildman–Crippen MR) is 75.4 cm³/mol. The number of fused-ring (bicyclic) bond motifs is 1. The van der Waals surface area contributed by atoms with Crippen LogP contribution in [0.4, 0.5) is 0 Å². The molecule has 1 N–H and O–H groups in total. The van der Waals surface area contributed by atoms with Crippen molar-refractivity contribution in [3.8, 4) is 0 Å². The summed E-state index contributed by atoms with van der Waals surface area (Å²) in [5, 5.41) is 11.4. The molecule has 1 saturated carbocycles. The first-order valence-electron chi connectivity index (χ1n) is 8.15. The molecular weight excluding hydrogens is 252 g/mol. The highest BCUT2D eigenvalue weighted by molar-refractivity contribution is 5.29. The molecule has 2 heterocycles. The van der Waals surface area contributed by atoms with E-state index in [1.54, 1.807) is 6.26 Å². The number of furan rings is 1. The van der Waals surface area contributed by atoms with Crippen molar-refractivity contribution >= 4 is 0 Å². The van der Waals surface area contributed by atoms with Crippen LogP contribution in [0.25, 0.3) is 0 Å². The van der Waals surface area contributed by atoms with E-state index in [-0.39, 0.29) is 5.60 Å². The molecule has 0 bridgehead atoms. The van der Waals surface area contributed by atoms with E-state index in [1.807, 2.05) is 6.07 Å². The molecule has 0 aromatic carbocycles. The Kier molecular flexibility index (Phi) is 2.97. The Morgan fingerprint density at radius 2 is 2.00 bits per heavy atom. The molecule has 2 fully saturated rings. The monoisotopic (exact) mass is 276 g/mol. The van der Waals surface area contributed by atoms with Crippen LogP contribution in [-0.2, 0) is 16.8 Å². The van der Waals surface area contributed by atoms with Crippen LogP contribution in [0.2, 0.25) is 0 Å². The maximum atomic E-state index is 11.4. The summed E-state index contributed by atoms with van der Waals surface area (Å²) in [5.41, 5.74) is 0.448. The fraction of sp³-hybridized carbons (Fsp3) is 0.765. The van der Waals surface area contributed by atoms with E-state index in [4.69, 9.17) is 9.15 Å². The van der Waals surface area contributed by atoms with Gasteiger partial charge in [-0.15, -0.1) is 0 Å². The summed E-state index contributed by atoms with van der Waals surface area (Å²) in [4.78, 5) is 0. The molecule has 1 aromatic rings. The second kappa shape index (κ2) is 4.60. The van der Waals surface area contributed by atoms with E-state index in [9.17, 15) is 5.11 Å². The van der Waals surface area contributed by atoms with Gasteiger partial charge in [0.2, 0.25) is 0 Å². The molecule has 110 valence electrons. The van der Waals surface area contributed by atoms with Gasteiger partial charge in [-0.25, -0.2) is 0 Å². The lowest BCUT2D eigenvalue weighted by molar-refractivity contribution is -0.148. The number of hydrogen-bond donors (Lipinski definition) is 1. The Morgan fingerprint density at radius 1 is 1.15 bits per heavy atom. The predicted octanol–water partition coefficient (Wildman–Crippen LogP) is 3.54. The summed E-state index contributed by atoms with van der Waals surface area (Å²) < 4.78 is 11.7. The molecule has 0 amide bonds. The van der Waals surface area contributed by atoms with Gasteiger partial charge in [0, 0.05) is 18.6 Å². The standard InChI is InChI=1S/C17H24O3/c18-17(9-3-4-15-14(17)6-10-19-15)13-5-11-20-16(12-13)7-1-2-8-16/h6,10,13,18H,1-5,7-9,11-12H2. The smallest absolute Gasteiger partial charge is 0.109 e. The van der Waals surface area contributed by atoms with Crippen LogP contribution in [0.5, 0.6) is 0 Å². The Hall–Kier alpha value is -0.800. The molecule has 1 aromatic heterocycles. The third-order valence-electron chi connectivity index (χ3n) is 5.86.